The zero-order valence-corrected chi connectivity index (χ0v) is 14.8. The zero-order chi connectivity index (χ0) is 16.7. The summed E-state index contributed by atoms with van der Waals surface area (Å²) in [5, 5.41) is 0.709. The van der Waals surface area contributed by atoms with E-state index in [4.69, 9.17) is 16.0 Å². The maximum absolute atomic E-state index is 11.9. The Morgan fingerprint density at radius 1 is 1.09 bits per heavy atom. The molecule has 0 spiro atoms. The van der Waals surface area contributed by atoms with E-state index in [2.05, 4.69) is 0 Å². The van der Waals surface area contributed by atoms with Gasteiger partial charge < -0.3 is 4.42 Å². The highest BCUT2D eigenvalue weighted by Gasteiger charge is 2.15. The highest BCUT2D eigenvalue weighted by atomic mass is 35.5. The minimum atomic E-state index is -3.19. The molecule has 2 rings (SSSR count). The van der Waals surface area contributed by atoms with E-state index in [9.17, 15) is 8.42 Å². The second-order valence-corrected chi connectivity index (χ2v) is 8.00. The minimum Gasteiger partial charge on any atom is -0.469 e. The molecule has 0 aliphatic carbocycles. The lowest BCUT2D eigenvalue weighted by atomic mass is 10.1. The summed E-state index contributed by atoms with van der Waals surface area (Å²) in [6.45, 7) is 1.03. The first-order chi connectivity index (χ1) is 10.9. The van der Waals surface area contributed by atoms with Crippen LogP contribution >= 0.6 is 11.6 Å². The van der Waals surface area contributed by atoms with Crippen molar-refractivity contribution < 1.29 is 12.8 Å². The number of benzene rings is 1. The smallest absolute Gasteiger partial charge is 0.211 e. The fourth-order valence-electron chi connectivity index (χ4n) is 2.48. The Balaban J connectivity index is 1.81. The normalized spacial score (nSPS) is 12.0. The number of nitrogens with zero attached hydrogens (tertiary/aromatic N) is 1. The Morgan fingerprint density at radius 2 is 1.83 bits per heavy atom. The molecule has 2 aromatic rings. The fourth-order valence-corrected chi connectivity index (χ4v) is 3.61. The van der Waals surface area contributed by atoms with Crippen LogP contribution in [0.1, 0.15) is 24.2 Å². The lowest BCUT2D eigenvalue weighted by molar-refractivity contribution is 0.393. The number of sulfonamides is 1. The average molecular weight is 356 g/mol. The molecule has 1 heterocycles. The molecular weight excluding hydrogens is 334 g/mol. The lowest BCUT2D eigenvalue weighted by Gasteiger charge is -2.19. The van der Waals surface area contributed by atoms with E-state index in [1.54, 1.807) is 10.6 Å². The van der Waals surface area contributed by atoms with E-state index in [-0.39, 0.29) is 0 Å². The van der Waals surface area contributed by atoms with Gasteiger partial charge in [-0.25, -0.2) is 12.7 Å². The molecule has 0 saturated heterocycles. The number of aryl methyl sites for hydroxylation is 2. The van der Waals surface area contributed by atoms with Crippen LogP contribution in [0, 0.1) is 0 Å². The standard InChI is InChI=1S/C17H22ClNO3S/c1-23(20,21)19(12-4-9-17-10-5-13-22-17)11-3-7-15-6-2-8-16(18)14-15/h2,5-6,8,10,13-14H,3-4,7,9,11-12H2,1H3. The largest absolute Gasteiger partial charge is 0.469 e. The van der Waals surface area contributed by atoms with Gasteiger partial charge in [0.05, 0.1) is 12.5 Å². The predicted octanol–water partition coefficient (Wildman–Crippen LogP) is 3.76. The van der Waals surface area contributed by atoms with Gasteiger partial charge in [-0.2, -0.15) is 0 Å². The molecule has 1 aromatic heterocycles. The molecule has 126 valence electrons. The van der Waals surface area contributed by atoms with Crippen molar-refractivity contribution in [2.45, 2.75) is 25.7 Å². The van der Waals surface area contributed by atoms with Crippen molar-refractivity contribution in [1.29, 1.82) is 0 Å². The molecule has 0 bridgehead atoms. The second-order valence-electron chi connectivity index (χ2n) is 5.58. The third-order valence-electron chi connectivity index (χ3n) is 3.64. The minimum absolute atomic E-state index is 0.509. The van der Waals surface area contributed by atoms with Crippen molar-refractivity contribution in [2.24, 2.45) is 0 Å². The molecule has 1 aromatic carbocycles. The van der Waals surface area contributed by atoms with Gasteiger partial charge in [0.2, 0.25) is 10.0 Å². The van der Waals surface area contributed by atoms with Gasteiger partial charge in [-0.1, -0.05) is 23.7 Å². The molecular formula is C17H22ClNO3S. The molecule has 0 aliphatic heterocycles. The molecule has 4 nitrogen and oxygen atoms in total. The van der Waals surface area contributed by atoms with E-state index < -0.39 is 10.0 Å². The van der Waals surface area contributed by atoms with Crippen molar-refractivity contribution in [2.75, 3.05) is 19.3 Å². The van der Waals surface area contributed by atoms with E-state index in [1.807, 2.05) is 36.4 Å². The SMILES string of the molecule is CS(=O)(=O)N(CCCc1cccc(Cl)c1)CCCc1ccco1. The van der Waals surface area contributed by atoms with Gasteiger partial charge >= 0.3 is 0 Å². The van der Waals surface area contributed by atoms with Crippen molar-refractivity contribution in [1.82, 2.24) is 4.31 Å². The van der Waals surface area contributed by atoms with E-state index in [0.29, 0.717) is 18.1 Å². The first-order valence-corrected chi connectivity index (χ1v) is 9.90. The van der Waals surface area contributed by atoms with Crippen LogP contribution in [-0.2, 0) is 22.9 Å². The topological polar surface area (TPSA) is 50.5 Å². The van der Waals surface area contributed by atoms with E-state index in [1.165, 1.54) is 6.26 Å². The second kappa shape index (κ2) is 8.52. The summed E-state index contributed by atoms with van der Waals surface area (Å²) < 4.78 is 30.6. The molecule has 0 unspecified atom stereocenters. The molecule has 0 aliphatic rings. The van der Waals surface area contributed by atoms with Crippen molar-refractivity contribution in [3.8, 4) is 0 Å². The summed E-state index contributed by atoms with van der Waals surface area (Å²) in [5.41, 5.74) is 1.13. The average Bonchev–Trinajstić information content (AvgIpc) is 2.98. The zero-order valence-electron chi connectivity index (χ0n) is 13.2. The fraction of sp³-hybridized carbons (Fsp3) is 0.412. The summed E-state index contributed by atoms with van der Waals surface area (Å²) >= 11 is 5.96. The van der Waals surface area contributed by atoms with Gasteiger partial charge in [0.1, 0.15) is 5.76 Å². The van der Waals surface area contributed by atoms with Crippen LogP contribution in [0.2, 0.25) is 5.02 Å². The Hall–Kier alpha value is -1.30. The number of halogens is 1. The van der Waals surface area contributed by atoms with E-state index >= 15 is 0 Å². The van der Waals surface area contributed by atoms with Gasteiger partial charge in [-0.3, -0.25) is 0 Å². The third kappa shape index (κ3) is 6.37. The highest BCUT2D eigenvalue weighted by molar-refractivity contribution is 7.88. The third-order valence-corrected chi connectivity index (χ3v) is 5.18. The number of furan rings is 1. The van der Waals surface area contributed by atoms with Gasteiger partial charge in [0.25, 0.3) is 0 Å². The lowest BCUT2D eigenvalue weighted by Crippen LogP contribution is -2.32. The Morgan fingerprint density at radius 3 is 2.43 bits per heavy atom. The summed E-state index contributed by atoms with van der Waals surface area (Å²) in [6, 6.07) is 11.4. The number of hydrogen-bond donors (Lipinski definition) is 0. The van der Waals surface area contributed by atoms with Gasteiger partial charge in [0.15, 0.2) is 0 Å². The van der Waals surface area contributed by atoms with Crippen molar-refractivity contribution in [3.63, 3.8) is 0 Å². The van der Waals surface area contributed by atoms with Gasteiger partial charge in [-0.05, 0) is 49.1 Å². The van der Waals surface area contributed by atoms with E-state index in [0.717, 1.165) is 37.0 Å². The predicted molar refractivity (Wildman–Crippen MR) is 93.2 cm³/mol. The van der Waals surface area contributed by atoms with Crippen LogP contribution in [0.4, 0.5) is 0 Å². The molecule has 0 saturated carbocycles. The first kappa shape index (κ1) is 18.0. The molecule has 0 N–H and O–H groups in total. The van der Waals surface area contributed by atoms with Crippen molar-refractivity contribution in [3.05, 3.63) is 59.0 Å². The Bertz CT molecular complexity index is 698. The van der Waals surface area contributed by atoms with Crippen molar-refractivity contribution >= 4 is 21.6 Å². The first-order valence-electron chi connectivity index (χ1n) is 7.67. The van der Waals surface area contributed by atoms with Crippen LogP contribution in [0.25, 0.3) is 0 Å². The monoisotopic (exact) mass is 355 g/mol. The van der Waals surface area contributed by atoms with Crippen LogP contribution in [0.3, 0.4) is 0 Å². The highest BCUT2D eigenvalue weighted by Crippen LogP contribution is 2.13. The van der Waals surface area contributed by atoms with Crippen LogP contribution in [0.5, 0.6) is 0 Å². The molecule has 0 amide bonds. The molecule has 0 fully saturated rings. The molecule has 0 radical (unpaired) electrons. The maximum atomic E-state index is 11.9. The molecule has 0 atom stereocenters. The summed E-state index contributed by atoms with van der Waals surface area (Å²) in [7, 11) is -3.19. The van der Waals surface area contributed by atoms with Crippen LogP contribution in [-0.4, -0.2) is 32.1 Å². The summed E-state index contributed by atoms with van der Waals surface area (Å²) in [4.78, 5) is 0. The Kier molecular flexibility index (Phi) is 6.69. The quantitative estimate of drug-likeness (QED) is 0.688. The summed E-state index contributed by atoms with van der Waals surface area (Å²) in [6.07, 6.45) is 5.97. The number of hydrogen-bond acceptors (Lipinski definition) is 3. The van der Waals surface area contributed by atoms with Crippen LogP contribution in [0.15, 0.2) is 47.1 Å². The molecule has 6 heteroatoms. The summed E-state index contributed by atoms with van der Waals surface area (Å²) in [5.74, 6) is 0.886. The molecule has 23 heavy (non-hydrogen) atoms. The Labute approximate surface area is 143 Å². The van der Waals surface area contributed by atoms with Gasteiger partial charge in [-0.15, -0.1) is 0 Å². The van der Waals surface area contributed by atoms with Gasteiger partial charge in [0, 0.05) is 24.5 Å². The van der Waals surface area contributed by atoms with Crippen LogP contribution < -0.4 is 0 Å². The number of rotatable bonds is 9. The maximum Gasteiger partial charge on any atom is 0.211 e.